The highest BCUT2D eigenvalue weighted by Gasteiger charge is 2.24. The molecule has 0 saturated carbocycles. The lowest BCUT2D eigenvalue weighted by Gasteiger charge is -2.17. The Kier molecular flexibility index (Phi) is 22.9. The predicted molar refractivity (Wildman–Crippen MR) is 243 cm³/mol. The molecule has 0 aromatic carbocycles. The maximum atomic E-state index is 13.5. The minimum absolute atomic E-state index is 0.258. The van der Waals surface area contributed by atoms with Gasteiger partial charge in [-0.1, -0.05) is 179 Å². The third kappa shape index (κ3) is 15.9. The molecule has 0 aliphatic heterocycles. The zero-order valence-electron chi connectivity index (χ0n) is 35.0. The van der Waals surface area contributed by atoms with Crippen LogP contribution in [0.5, 0.6) is 0 Å². The molecule has 0 bridgehead atoms. The van der Waals surface area contributed by atoms with Crippen molar-refractivity contribution >= 4 is 66.9 Å². The summed E-state index contributed by atoms with van der Waals surface area (Å²) < 4.78 is 12.0. The summed E-state index contributed by atoms with van der Waals surface area (Å²) in [6, 6.07) is 3.74. The third-order valence-corrected chi connectivity index (χ3v) is 15.1. The van der Waals surface area contributed by atoms with E-state index in [0.717, 1.165) is 55.1 Å². The molecule has 4 rings (SSSR count). The van der Waals surface area contributed by atoms with Crippen molar-refractivity contribution in [2.75, 3.05) is 13.2 Å². The Morgan fingerprint density at radius 1 is 0.500 bits per heavy atom. The summed E-state index contributed by atoms with van der Waals surface area (Å²) in [5.74, 6) is 0.315. The standard InChI is InChI=1S/C46H70N2O4S4/c1-5-9-13-17-19-23-27-35(25-21-15-11-7-3)33-51-45(49)37-29-31-53-39(37)41-47-43-44(55-41)48-42(56-43)40-38(30-32-54-40)46(50)52-34-36(26-22-16-12-8-4)28-24-20-18-14-10-6-2/h29-32,35-36H,5-28,33-34H2,1-4H3. The zero-order chi connectivity index (χ0) is 39.8. The van der Waals surface area contributed by atoms with Crippen molar-refractivity contribution in [3.8, 4) is 19.8 Å². The molecule has 4 aromatic rings. The second kappa shape index (κ2) is 27.5. The van der Waals surface area contributed by atoms with Crippen LogP contribution in [0.25, 0.3) is 29.4 Å². The van der Waals surface area contributed by atoms with Crippen LogP contribution in [0.4, 0.5) is 0 Å². The van der Waals surface area contributed by atoms with Crippen molar-refractivity contribution in [3.63, 3.8) is 0 Å². The van der Waals surface area contributed by atoms with E-state index < -0.39 is 0 Å². The first-order chi connectivity index (χ1) is 27.5. The molecule has 0 aliphatic carbocycles. The van der Waals surface area contributed by atoms with Crippen LogP contribution in [-0.2, 0) is 9.47 Å². The van der Waals surface area contributed by atoms with Gasteiger partial charge in [-0.15, -0.1) is 22.7 Å². The van der Waals surface area contributed by atoms with Crippen molar-refractivity contribution in [3.05, 3.63) is 34.0 Å². The van der Waals surface area contributed by atoms with Gasteiger partial charge in [-0.2, -0.15) is 0 Å². The van der Waals surface area contributed by atoms with E-state index in [1.165, 1.54) is 174 Å². The fourth-order valence-electron chi connectivity index (χ4n) is 7.42. The summed E-state index contributed by atoms with van der Waals surface area (Å²) in [6.45, 7) is 9.98. The quantitative estimate of drug-likeness (QED) is 0.0360. The second-order valence-corrected chi connectivity index (χ2v) is 19.5. The van der Waals surface area contributed by atoms with E-state index in [-0.39, 0.29) is 11.9 Å². The third-order valence-electron chi connectivity index (χ3n) is 10.9. The van der Waals surface area contributed by atoms with Crippen molar-refractivity contribution in [1.82, 2.24) is 9.97 Å². The molecule has 0 radical (unpaired) electrons. The number of hydrogen-bond acceptors (Lipinski definition) is 10. The van der Waals surface area contributed by atoms with Gasteiger partial charge in [0.25, 0.3) is 0 Å². The normalized spacial score (nSPS) is 12.7. The Bertz CT molecular complexity index is 1510. The van der Waals surface area contributed by atoms with Gasteiger partial charge in [0.1, 0.15) is 10.0 Å². The summed E-state index contributed by atoms with van der Waals surface area (Å²) in [6.07, 6.45) is 29.8. The Balaban J connectivity index is 1.35. The first kappa shape index (κ1) is 46.5. The minimum atomic E-state index is -0.258. The van der Waals surface area contributed by atoms with Crippen LogP contribution in [0, 0.1) is 11.8 Å². The van der Waals surface area contributed by atoms with Gasteiger partial charge in [-0.25, -0.2) is 19.6 Å². The molecule has 6 nitrogen and oxygen atoms in total. The van der Waals surface area contributed by atoms with Gasteiger partial charge in [-0.05, 0) is 60.4 Å². The lowest BCUT2D eigenvalue weighted by molar-refractivity contribution is 0.0415. The van der Waals surface area contributed by atoms with Crippen molar-refractivity contribution < 1.29 is 19.1 Å². The smallest absolute Gasteiger partial charge is 0.339 e. The van der Waals surface area contributed by atoms with E-state index in [1.807, 2.05) is 22.9 Å². The van der Waals surface area contributed by atoms with Crippen molar-refractivity contribution in [1.29, 1.82) is 0 Å². The first-order valence-electron chi connectivity index (χ1n) is 22.3. The Morgan fingerprint density at radius 3 is 1.18 bits per heavy atom. The fraction of sp³-hybridized carbons (Fsp3) is 0.696. The summed E-state index contributed by atoms with van der Waals surface area (Å²) in [7, 11) is 0. The maximum Gasteiger partial charge on any atom is 0.339 e. The van der Waals surface area contributed by atoms with E-state index in [0.29, 0.717) is 36.2 Å². The highest BCUT2D eigenvalue weighted by Crippen LogP contribution is 2.42. The molecule has 2 atom stereocenters. The number of unbranched alkanes of at least 4 members (excludes halogenated alkanes) is 16. The molecule has 0 N–H and O–H groups in total. The molecule has 0 aliphatic rings. The molecule has 0 saturated heterocycles. The molecule has 0 spiro atoms. The largest absolute Gasteiger partial charge is 0.462 e. The fourth-order valence-corrected chi connectivity index (χ4v) is 11.4. The zero-order valence-corrected chi connectivity index (χ0v) is 38.3. The van der Waals surface area contributed by atoms with Gasteiger partial charge in [0.2, 0.25) is 0 Å². The van der Waals surface area contributed by atoms with Gasteiger partial charge in [0.05, 0.1) is 34.1 Å². The summed E-state index contributed by atoms with van der Waals surface area (Å²) in [5, 5.41) is 5.48. The van der Waals surface area contributed by atoms with E-state index in [2.05, 4.69) is 27.7 Å². The molecule has 4 aromatic heterocycles. The van der Waals surface area contributed by atoms with E-state index in [1.54, 1.807) is 0 Å². The Morgan fingerprint density at radius 2 is 0.821 bits per heavy atom. The molecule has 2 unspecified atom stereocenters. The topological polar surface area (TPSA) is 78.4 Å². The average molecular weight is 843 g/mol. The van der Waals surface area contributed by atoms with Gasteiger partial charge in [-0.3, -0.25) is 0 Å². The molecule has 56 heavy (non-hydrogen) atoms. The van der Waals surface area contributed by atoms with Crippen LogP contribution in [0.15, 0.2) is 22.9 Å². The SMILES string of the molecule is CCCCCCCCC(CCCCCC)COC(=O)c1ccsc1-c1nc2sc(-c3sccc3C(=O)OCC(CCCCCC)CCCCCCCC)nc2s1. The van der Waals surface area contributed by atoms with E-state index >= 15 is 0 Å². The monoisotopic (exact) mass is 842 g/mol. The molecule has 0 amide bonds. The molecule has 312 valence electrons. The maximum absolute atomic E-state index is 13.5. The number of rotatable bonds is 32. The van der Waals surface area contributed by atoms with Crippen molar-refractivity contribution in [2.45, 2.75) is 182 Å². The van der Waals surface area contributed by atoms with Crippen LogP contribution >= 0.6 is 45.3 Å². The summed E-state index contributed by atoms with van der Waals surface area (Å²) >= 11 is 6.04. The first-order valence-corrected chi connectivity index (χ1v) is 25.6. The molecular formula is C46H70N2O4S4. The number of thiazole rings is 2. The van der Waals surface area contributed by atoms with Gasteiger partial charge >= 0.3 is 11.9 Å². The summed E-state index contributed by atoms with van der Waals surface area (Å²) in [4.78, 5) is 40.2. The van der Waals surface area contributed by atoms with Crippen LogP contribution in [0.1, 0.15) is 203 Å². The van der Waals surface area contributed by atoms with Crippen molar-refractivity contribution in [2.24, 2.45) is 11.8 Å². The highest BCUT2D eigenvalue weighted by molar-refractivity contribution is 7.31. The van der Waals surface area contributed by atoms with Gasteiger partial charge in [0.15, 0.2) is 9.66 Å². The average Bonchev–Trinajstić information content (AvgIpc) is 4.02. The Hall–Kier alpha value is -2.14. The van der Waals surface area contributed by atoms with Crippen LogP contribution in [0.2, 0.25) is 0 Å². The number of esters is 2. The second-order valence-electron chi connectivity index (χ2n) is 15.7. The number of carbonyl (C=O) groups excluding carboxylic acids is 2. The van der Waals surface area contributed by atoms with Gasteiger partial charge < -0.3 is 9.47 Å². The highest BCUT2D eigenvalue weighted by atomic mass is 32.1. The molecule has 10 heteroatoms. The number of ether oxygens (including phenoxy) is 2. The Labute approximate surface area is 354 Å². The van der Waals surface area contributed by atoms with Crippen LogP contribution < -0.4 is 0 Å². The number of nitrogens with zero attached hydrogens (tertiary/aromatic N) is 2. The summed E-state index contributed by atoms with van der Waals surface area (Å²) in [5.41, 5.74) is 1.17. The number of fused-ring (bicyclic) bond motifs is 1. The number of thiophene rings is 2. The lowest BCUT2D eigenvalue weighted by Crippen LogP contribution is -2.15. The lowest BCUT2D eigenvalue weighted by atomic mass is 9.95. The van der Waals surface area contributed by atoms with Crippen LogP contribution in [0.3, 0.4) is 0 Å². The number of aromatic nitrogens is 2. The predicted octanol–water partition coefficient (Wildman–Crippen LogP) is 16.2. The van der Waals surface area contributed by atoms with E-state index in [4.69, 9.17) is 19.4 Å². The van der Waals surface area contributed by atoms with E-state index in [9.17, 15) is 9.59 Å². The molecular weight excluding hydrogens is 773 g/mol. The molecule has 4 heterocycles. The number of carbonyl (C=O) groups is 2. The number of hydrogen-bond donors (Lipinski definition) is 0. The van der Waals surface area contributed by atoms with Crippen LogP contribution in [-0.4, -0.2) is 35.1 Å². The molecule has 0 fully saturated rings. The van der Waals surface area contributed by atoms with Gasteiger partial charge in [0, 0.05) is 0 Å². The minimum Gasteiger partial charge on any atom is -0.462 e.